The molecule has 0 rings (SSSR count). The van der Waals surface area contributed by atoms with Crippen molar-refractivity contribution < 1.29 is 64.6 Å². The standard InChI is InChI=1S/Ca.Na.2H2O4S/c;;2*1-5(2,3)4/h;;2*(H2,1,2,3,4)/q+2;+1;;/p-4. The van der Waals surface area contributed by atoms with Crippen LogP contribution in [-0.4, -0.2) is 72.8 Å². The van der Waals surface area contributed by atoms with Gasteiger partial charge in [-0.25, -0.2) is 0 Å². The quantitative estimate of drug-likeness (QED) is 0.234. The van der Waals surface area contributed by atoms with E-state index in [0.29, 0.717) is 0 Å². The molecule has 0 aromatic rings. The Labute approximate surface area is 121 Å². The largest absolute Gasteiger partial charge is 2.00 e. The summed E-state index contributed by atoms with van der Waals surface area (Å²) in [5.74, 6) is 0. The Bertz CT molecular complexity index is 213. The number of rotatable bonds is 0. The van der Waals surface area contributed by atoms with Gasteiger partial charge in [0.2, 0.25) is 0 Å². The Balaban J connectivity index is -0.0000000457. The minimum atomic E-state index is -5.17. The van der Waals surface area contributed by atoms with Crippen LogP contribution >= 0.6 is 0 Å². The van der Waals surface area contributed by atoms with Gasteiger partial charge < -0.3 is 18.2 Å². The molecule has 0 spiro atoms. The molecule has 0 heterocycles. The van der Waals surface area contributed by atoms with Crippen molar-refractivity contribution in [3.05, 3.63) is 0 Å². The van der Waals surface area contributed by atoms with Gasteiger partial charge >= 0.3 is 67.3 Å². The molecule has 0 atom stereocenters. The molecule has 0 aliphatic rings. The molecule has 0 amide bonds. The van der Waals surface area contributed by atoms with Crippen molar-refractivity contribution in [3.8, 4) is 0 Å². The molecular formula is CaNaO8S2-. The van der Waals surface area contributed by atoms with E-state index in [1.165, 1.54) is 0 Å². The van der Waals surface area contributed by atoms with Crippen molar-refractivity contribution >= 4 is 58.5 Å². The van der Waals surface area contributed by atoms with Crippen molar-refractivity contribution in [1.29, 1.82) is 0 Å². The fourth-order valence-electron chi connectivity index (χ4n) is 0. The summed E-state index contributed by atoms with van der Waals surface area (Å²) in [6.07, 6.45) is 0. The van der Waals surface area contributed by atoms with E-state index in [-0.39, 0.29) is 67.3 Å². The maximum Gasteiger partial charge on any atom is 2.00 e. The molecule has 0 unspecified atom stereocenters. The van der Waals surface area contributed by atoms with Crippen LogP contribution in [0, 0.1) is 0 Å². The number of hydrogen-bond acceptors (Lipinski definition) is 8. The van der Waals surface area contributed by atoms with Gasteiger partial charge in [0, 0.05) is 20.8 Å². The van der Waals surface area contributed by atoms with Crippen LogP contribution in [0.15, 0.2) is 0 Å². The van der Waals surface area contributed by atoms with Gasteiger partial charge in [-0.1, -0.05) is 0 Å². The molecule has 0 fully saturated rings. The molecule has 0 aliphatic heterocycles. The Hall–Kier alpha value is 2.00. The minimum Gasteiger partial charge on any atom is -0.759 e. The van der Waals surface area contributed by atoms with Crippen molar-refractivity contribution in [2.24, 2.45) is 0 Å². The monoisotopic (exact) mass is 255 g/mol. The molecule has 12 heavy (non-hydrogen) atoms. The van der Waals surface area contributed by atoms with Crippen molar-refractivity contribution in [1.82, 2.24) is 0 Å². The van der Waals surface area contributed by atoms with Crippen LogP contribution in [-0.2, 0) is 20.8 Å². The molecule has 0 aliphatic carbocycles. The number of hydrogen-bond donors (Lipinski definition) is 0. The SMILES string of the molecule is O=S(=O)([O-])[O-].O=S(=O)([O-])[O-].[Ca+2].[Na+]. The maximum atomic E-state index is 8.52. The van der Waals surface area contributed by atoms with E-state index in [0.717, 1.165) is 0 Å². The summed E-state index contributed by atoms with van der Waals surface area (Å²) in [6.45, 7) is 0. The Kier molecular flexibility index (Phi) is 18.8. The fraction of sp³-hybridized carbons (Fsp3) is 0. The summed E-state index contributed by atoms with van der Waals surface area (Å²) in [5, 5.41) is 0. The average molecular weight is 255 g/mol. The molecule has 0 saturated heterocycles. The third kappa shape index (κ3) is 363. The van der Waals surface area contributed by atoms with Gasteiger partial charge in [0.25, 0.3) is 0 Å². The Morgan fingerprint density at radius 2 is 0.667 bits per heavy atom. The van der Waals surface area contributed by atoms with E-state index in [9.17, 15) is 0 Å². The molecular weight excluding hydrogens is 255 g/mol. The first-order valence-corrected chi connectivity index (χ1v) is 4.00. The zero-order valence-electron chi connectivity index (χ0n) is 5.79. The minimum absolute atomic E-state index is 0. The Morgan fingerprint density at radius 1 is 0.667 bits per heavy atom. The van der Waals surface area contributed by atoms with E-state index < -0.39 is 20.8 Å². The van der Waals surface area contributed by atoms with Gasteiger partial charge in [-0.2, -0.15) is 0 Å². The van der Waals surface area contributed by atoms with Crippen molar-refractivity contribution in [3.63, 3.8) is 0 Å². The third-order valence-corrected chi connectivity index (χ3v) is 0. The van der Waals surface area contributed by atoms with Crippen LogP contribution in [0.3, 0.4) is 0 Å². The summed E-state index contributed by atoms with van der Waals surface area (Å²) in [6, 6.07) is 0. The molecule has 0 saturated carbocycles. The first-order valence-electron chi connectivity index (χ1n) is 1.33. The first-order chi connectivity index (χ1) is 4.00. The van der Waals surface area contributed by atoms with Gasteiger partial charge in [-0.15, -0.1) is 0 Å². The Morgan fingerprint density at radius 3 is 0.667 bits per heavy atom. The van der Waals surface area contributed by atoms with Gasteiger partial charge in [0.15, 0.2) is 0 Å². The summed E-state index contributed by atoms with van der Waals surface area (Å²) in [7, 11) is -10.3. The summed E-state index contributed by atoms with van der Waals surface area (Å²) >= 11 is 0. The predicted molar refractivity (Wildman–Crippen MR) is 26.7 cm³/mol. The smallest absolute Gasteiger partial charge is 0.759 e. The van der Waals surface area contributed by atoms with Gasteiger partial charge in [0.05, 0.1) is 0 Å². The second-order valence-electron chi connectivity index (χ2n) is 0.816. The molecule has 0 bridgehead atoms. The second-order valence-corrected chi connectivity index (χ2v) is 2.45. The molecule has 0 aromatic heterocycles. The van der Waals surface area contributed by atoms with E-state index in [2.05, 4.69) is 0 Å². The van der Waals surface area contributed by atoms with Crippen LogP contribution in [0.2, 0.25) is 0 Å². The summed E-state index contributed by atoms with van der Waals surface area (Å²) < 4.78 is 68.2. The van der Waals surface area contributed by atoms with E-state index in [4.69, 9.17) is 35.0 Å². The molecule has 8 nitrogen and oxygen atoms in total. The van der Waals surface area contributed by atoms with Gasteiger partial charge in [0.1, 0.15) is 0 Å². The first kappa shape index (κ1) is 23.7. The van der Waals surface area contributed by atoms with Gasteiger partial charge in [-0.3, -0.25) is 16.8 Å². The fourth-order valence-corrected chi connectivity index (χ4v) is 0. The van der Waals surface area contributed by atoms with Crippen molar-refractivity contribution in [2.75, 3.05) is 0 Å². The van der Waals surface area contributed by atoms with E-state index in [1.54, 1.807) is 0 Å². The van der Waals surface area contributed by atoms with Crippen LogP contribution in [0.5, 0.6) is 0 Å². The van der Waals surface area contributed by atoms with Crippen molar-refractivity contribution in [2.45, 2.75) is 0 Å². The van der Waals surface area contributed by atoms with Crippen LogP contribution in [0.4, 0.5) is 0 Å². The summed E-state index contributed by atoms with van der Waals surface area (Å²) in [4.78, 5) is 0. The molecule has 0 N–H and O–H groups in total. The second kappa shape index (κ2) is 9.55. The molecule has 0 radical (unpaired) electrons. The maximum absolute atomic E-state index is 8.52. The normalized spacial score (nSPS) is 9.67. The predicted octanol–water partition coefficient (Wildman–Crippen LogP) is -6.05. The molecule has 12 heteroatoms. The summed E-state index contributed by atoms with van der Waals surface area (Å²) in [5.41, 5.74) is 0. The molecule has 0 aromatic carbocycles. The van der Waals surface area contributed by atoms with E-state index in [1.807, 2.05) is 0 Å². The molecule has 64 valence electrons. The van der Waals surface area contributed by atoms with E-state index >= 15 is 0 Å². The zero-order chi connectivity index (χ0) is 9.00. The third-order valence-electron chi connectivity index (χ3n) is 0. The van der Waals surface area contributed by atoms with Crippen LogP contribution < -0.4 is 29.6 Å². The van der Waals surface area contributed by atoms with Crippen LogP contribution in [0.1, 0.15) is 0 Å². The van der Waals surface area contributed by atoms with Crippen LogP contribution in [0.25, 0.3) is 0 Å². The zero-order valence-corrected chi connectivity index (χ0v) is 11.6. The topological polar surface area (TPSA) is 161 Å². The average Bonchev–Trinajstić information content (AvgIpc) is 1.12. The van der Waals surface area contributed by atoms with Gasteiger partial charge in [-0.05, 0) is 0 Å².